The summed E-state index contributed by atoms with van der Waals surface area (Å²) in [7, 11) is 0. The molecule has 0 saturated heterocycles. The summed E-state index contributed by atoms with van der Waals surface area (Å²) in [4.78, 5) is 8.64. The highest BCUT2D eigenvalue weighted by Gasteiger charge is 2.07. The molecule has 0 aliphatic heterocycles. The van der Waals surface area contributed by atoms with Gasteiger partial charge in [0, 0.05) is 11.3 Å². The van der Waals surface area contributed by atoms with Gasteiger partial charge in [0.2, 0.25) is 0 Å². The van der Waals surface area contributed by atoms with Gasteiger partial charge in [0.1, 0.15) is 5.82 Å². The molecule has 0 aliphatic rings. The summed E-state index contributed by atoms with van der Waals surface area (Å²) in [6.07, 6.45) is 4.16. The highest BCUT2D eigenvalue weighted by Crippen LogP contribution is 2.20. The molecule has 0 radical (unpaired) electrons. The maximum Gasteiger partial charge on any atom is 0.145 e. The minimum Gasteiger partial charge on any atom is -0.399 e. The van der Waals surface area contributed by atoms with E-state index in [2.05, 4.69) is 15.3 Å². The van der Waals surface area contributed by atoms with Crippen molar-refractivity contribution in [3.63, 3.8) is 0 Å². The van der Waals surface area contributed by atoms with Gasteiger partial charge in [-0.2, -0.15) is 0 Å². The van der Waals surface area contributed by atoms with Crippen LogP contribution in [0.2, 0.25) is 0 Å². The molecule has 0 aliphatic carbocycles. The summed E-state index contributed by atoms with van der Waals surface area (Å²) >= 11 is 0. The number of nitrogens with one attached hydrogen (secondary N) is 1. The number of rotatable bonds is 5. The van der Waals surface area contributed by atoms with E-state index in [4.69, 9.17) is 5.73 Å². The van der Waals surface area contributed by atoms with Crippen molar-refractivity contribution < 1.29 is 5.11 Å². The Morgan fingerprint density at radius 1 is 1.37 bits per heavy atom. The monoisotopic (exact) mass is 258 g/mol. The summed E-state index contributed by atoms with van der Waals surface area (Å²) in [5.41, 5.74) is 8.13. The number of anilines is 2. The highest BCUT2D eigenvalue weighted by molar-refractivity contribution is 5.64. The van der Waals surface area contributed by atoms with Crippen LogP contribution in [-0.2, 0) is 0 Å². The topological polar surface area (TPSA) is 84.1 Å². The minimum absolute atomic E-state index is 0.00890. The fourth-order valence-electron chi connectivity index (χ4n) is 1.76. The molecule has 0 fully saturated rings. The zero-order valence-electron chi connectivity index (χ0n) is 10.9. The van der Waals surface area contributed by atoms with Crippen molar-refractivity contribution in [3.8, 4) is 11.3 Å². The second kappa shape index (κ2) is 6.15. The average molecular weight is 258 g/mol. The third-order valence-corrected chi connectivity index (χ3v) is 2.88. The van der Waals surface area contributed by atoms with Crippen LogP contribution in [0.1, 0.15) is 13.3 Å². The van der Waals surface area contributed by atoms with Crippen LogP contribution in [0.25, 0.3) is 11.3 Å². The molecule has 0 amide bonds. The van der Waals surface area contributed by atoms with Gasteiger partial charge >= 0.3 is 0 Å². The lowest BCUT2D eigenvalue weighted by Gasteiger charge is -2.14. The highest BCUT2D eigenvalue weighted by atomic mass is 16.3. The molecule has 1 aromatic carbocycles. The Hall–Kier alpha value is -2.14. The fourth-order valence-corrected chi connectivity index (χ4v) is 1.76. The summed E-state index contributed by atoms with van der Waals surface area (Å²) in [6, 6.07) is 7.50. The molecule has 0 saturated carbocycles. The van der Waals surface area contributed by atoms with Crippen LogP contribution in [0.4, 0.5) is 11.5 Å². The van der Waals surface area contributed by atoms with Crippen LogP contribution in [0, 0.1) is 0 Å². The van der Waals surface area contributed by atoms with Gasteiger partial charge in [-0.05, 0) is 18.6 Å². The molecular formula is C14H18N4O. The number of aromatic nitrogens is 2. The van der Waals surface area contributed by atoms with Crippen molar-refractivity contribution in [2.45, 2.75) is 19.4 Å². The molecule has 5 nitrogen and oxygen atoms in total. The third kappa shape index (κ3) is 3.42. The Labute approximate surface area is 112 Å². The molecule has 4 N–H and O–H groups in total. The maximum absolute atomic E-state index is 9.18. The molecule has 0 bridgehead atoms. The van der Waals surface area contributed by atoms with E-state index in [1.807, 2.05) is 31.2 Å². The molecule has 2 aromatic rings. The quantitative estimate of drug-likeness (QED) is 0.713. The van der Waals surface area contributed by atoms with Crippen molar-refractivity contribution >= 4 is 11.5 Å². The molecule has 5 heteroatoms. The van der Waals surface area contributed by atoms with Gasteiger partial charge in [-0.3, -0.25) is 4.98 Å². The number of hydrogen-bond acceptors (Lipinski definition) is 5. The molecule has 0 spiro atoms. The Kier molecular flexibility index (Phi) is 4.30. The molecule has 1 heterocycles. The van der Waals surface area contributed by atoms with Gasteiger partial charge in [-0.1, -0.05) is 19.1 Å². The fraction of sp³-hybridized carbons (Fsp3) is 0.286. The zero-order chi connectivity index (χ0) is 13.7. The standard InChI is InChI=1S/C14H18N4O/c1-2-12(9-19)17-14-8-16-7-13(18-14)10-4-3-5-11(15)6-10/h3-8,12,19H,2,9,15H2,1H3,(H,17,18). The number of nitrogen functional groups attached to an aromatic ring is 1. The number of aliphatic hydroxyl groups excluding tert-OH is 1. The SMILES string of the molecule is CCC(CO)Nc1cncc(-c2cccc(N)c2)n1. The predicted octanol–water partition coefficient (Wildman–Crippen LogP) is 1.91. The lowest BCUT2D eigenvalue weighted by Crippen LogP contribution is -2.23. The van der Waals surface area contributed by atoms with E-state index in [0.717, 1.165) is 17.7 Å². The van der Waals surface area contributed by atoms with E-state index in [1.54, 1.807) is 12.4 Å². The smallest absolute Gasteiger partial charge is 0.145 e. The van der Waals surface area contributed by atoms with E-state index in [9.17, 15) is 5.11 Å². The Bertz CT molecular complexity index is 540. The number of aliphatic hydroxyl groups is 1. The Balaban J connectivity index is 2.24. The summed E-state index contributed by atoms with van der Waals surface area (Å²) < 4.78 is 0. The number of nitrogens with two attached hydrogens (primary N) is 1. The molecular weight excluding hydrogens is 240 g/mol. The van der Waals surface area contributed by atoms with Crippen LogP contribution in [0.15, 0.2) is 36.7 Å². The Morgan fingerprint density at radius 2 is 2.21 bits per heavy atom. The van der Waals surface area contributed by atoms with Crippen LogP contribution in [-0.4, -0.2) is 27.7 Å². The van der Waals surface area contributed by atoms with Crippen molar-refractivity contribution in [3.05, 3.63) is 36.7 Å². The van der Waals surface area contributed by atoms with E-state index >= 15 is 0 Å². The van der Waals surface area contributed by atoms with Gasteiger partial charge in [0.25, 0.3) is 0 Å². The first kappa shape index (κ1) is 13.3. The molecule has 1 aromatic heterocycles. The first-order chi connectivity index (χ1) is 9.22. The van der Waals surface area contributed by atoms with Crippen molar-refractivity contribution in [2.24, 2.45) is 0 Å². The molecule has 100 valence electrons. The summed E-state index contributed by atoms with van der Waals surface area (Å²) in [6.45, 7) is 2.07. The molecule has 1 unspecified atom stereocenters. The van der Waals surface area contributed by atoms with E-state index in [0.29, 0.717) is 11.5 Å². The summed E-state index contributed by atoms with van der Waals surface area (Å²) in [5, 5.41) is 12.3. The molecule has 2 rings (SSSR count). The number of hydrogen-bond donors (Lipinski definition) is 3. The van der Waals surface area contributed by atoms with Crippen LogP contribution in [0.5, 0.6) is 0 Å². The summed E-state index contributed by atoms with van der Waals surface area (Å²) in [5.74, 6) is 0.654. The minimum atomic E-state index is -0.00890. The van der Waals surface area contributed by atoms with Gasteiger partial charge in [-0.25, -0.2) is 4.98 Å². The first-order valence-electron chi connectivity index (χ1n) is 6.28. The first-order valence-corrected chi connectivity index (χ1v) is 6.28. The molecule has 19 heavy (non-hydrogen) atoms. The van der Waals surface area contributed by atoms with Gasteiger partial charge < -0.3 is 16.2 Å². The van der Waals surface area contributed by atoms with Crippen LogP contribution < -0.4 is 11.1 Å². The second-order valence-corrected chi connectivity index (χ2v) is 4.35. The van der Waals surface area contributed by atoms with E-state index < -0.39 is 0 Å². The van der Waals surface area contributed by atoms with E-state index in [1.165, 1.54) is 0 Å². The van der Waals surface area contributed by atoms with Gasteiger partial charge in [0.15, 0.2) is 0 Å². The lowest BCUT2D eigenvalue weighted by molar-refractivity contribution is 0.271. The lowest BCUT2D eigenvalue weighted by atomic mass is 10.1. The van der Waals surface area contributed by atoms with E-state index in [-0.39, 0.29) is 12.6 Å². The van der Waals surface area contributed by atoms with Crippen molar-refractivity contribution in [1.82, 2.24) is 9.97 Å². The largest absolute Gasteiger partial charge is 0.399 e. The second-order valence-electron chi connectivity index (χ2n) is 4.35. The van der Waals surface area contributed by atoms with Gasteiger partial charge in [-0.15, -0.1) is 0 Å². The van der Waals surface area contributed by atoms with Crippen molar-refractivity contribution in [1.29, 1.82) is 0 Å². The zero-order valence-corrected chi connectivity index (χ0v) is 10.9. The molecule has 1 atom stereocenters. The number of benzene rings is 1. The average Bonchev–Trinajstić information content (AvgIpc) is 2.45. The third-order valence-electron chi connectivity index (χ3n) is 2.88. The normalized spacial score (nSPS) is 12.1. The van der Waals surface area contributed by atoms with Gasteiger partial charge in [0.05, 0.1) is 30.7 Å². The van der Waals surface area contributed by atoms with Crippen LogP contribution in [0.3, 0.4) is 0 Å². The predicted molar refractivity (Wildman–Crippen MR) is 76.7 cm³/mol. The Morgan fingerprint density at radius 3 is 2.89 bits per heavy atom. The van der Waals surface area contributed by atoms with Crippen LogP contribution >= 0.6 is 0 Å². The number of nitrogens with zero attached hydrogens (tertiary/aromatic N) is 2. The maximum atomic E-state index is 9.18. The van der Waals surface area contributed by atoms with Crippen molar-refractivity contribution in [2.75, 3.05) is 17.7 Å².